The van der Waals surface area contributed by atoms with E-state index in [0.29, 0.717) is 29.4 Å². The van der Waals surface area contributed by atoms with Crippen LogP contribution in [0.2, 0.25) is 0 Å². The molecule has 1 aliphatic rings. The van der Waals surface area contributed by atoms with Crippen LogP contribution in [0.3, 0.4) is 0 Å². The first kappa shape index (κ1) is 18.1. The van der Waals surface area contributed by atoms with Crippen molar-refractivity contribution in [1.82, 2.24) is 4.57 Å². The summed E-state index contributed by atoms with van der Waals surface area (Å²) in [6, 6.07) is 13.5. The van der Waals surface area contributed by atoms with Crippen molar-refractivity contribution in [3.05, 3.63) is 77.2 Å². The van der Waals surface area contributed by atoms with Crippen LogP contribution in [-0.2, 0) is 6.54 Å². The number of carbonyl (C=O) groups excluding carboxylic acids is 1. The van der Waals surface area contributed by atoms with E-state index in [1.807, 2.05) is 44.2 Å². The van der Waals surface area contributed by atoms with E-state index in [1.54, 1.807) is 12.1 Å². The Hall–Kier alpha value is -3.27. The van der Waals surface area contributed by atoms with Crippen LogP contribution in [0, 0.1) is 0 Å². The number of carbonyl (C=O) groups is 1. The maximum absolute atomic E-state index is 12.8. The predicted octanol–water partition coefficient (Wildman–Crippen LogP) is 5.62. The van der Waals surface area contributed by atoms with Gasteiger partial charge in [-0.25, -0.2) is 0 Å². The highest BCUT2D eigenvalue weighted by Gasteiger charge is 2.28. The van der Waals surface area contributed by atoms with Crippen molar-refractivity contribution in [2.24, 2.45) is 0 Å². The Morgan fingerprint density at radius 3 is 2.79 bits per heavy atom. The lowest BCUT2D eigenvalue weighted by Gasteiger charge is -2.05. The fraction of sp³-hybridized carbons (Fsp3) is 0.208. The van der Waals surface area contributed by atoms with Gasteiger partial charge in [0.15, 0.2) is 5.76 Å². The Morgan fingerprint density at radius 1 is 1.18 bits per heavy atom. The van der Waals surface area contributed by atoms with Gasteiger partial charge in [-0.15, -0.1) is 0 Å². The number of nitrogens with zero attached hydrogens (tertiary/aromatic N) is 1. The van der Waals surface area contributed by atoms with Crippen molar-refractivity contribution in [3.63, 3.8) is 0 Å². The molecule has 2 heterocycles. The summed E-state index contributed by atoms with van der Waals surface area (Å²) < 4.78 is 13.8. The van der Waals surface area contributed by atoms with Gasteiger partial charge in [-0.3, -0.25) is 4.79 Å². The second kappa shape index (κ2) is 7.39. The van der Waals surface area contributed by atoms with Crippen LogP contribution in [-0.4, -0.2) is 17.0 Å². The molecular weight excluding hydrogens is 350 g/mol. The number of hydrogen-bond acceptors (Lipinski definition) is 3. The Bertz CT molecular complexity index is 1110. The molecule has 0 N–H and O–H groups in total. The van der Waals surface area contributed by atoms with Crippen molar-refractivity contribution < 1.29 is 14.3 Å². The van der Waals surface area contributed by atoms with Crippen molar-refractivity contribution in [2.45, 2.75) is 27.3 Å². The van der Waals surface area contributed by atoms with E-state index in [1.165, 1.54) is 5.57 Å². The normalized spacial score (nSPS) is 14.2. The molecule has 1 aromatic heterocycles. The largest absolute Gasteiger partial charge is 0.489 e. The first-order chi connectivity index (χ1) is 13.6. The summed E-state index contributed by atoms with van der Waals surface area (Å²) >= 11 is 0. The van der Waals surface area contributed by atoms with Gasteiger partial charge < -0.3 is 14.0 Å². The van der Waals surface area contributed by atoms with Crippen LogP contribution < -0.4 is 9.47 Å². The van der Waals surface area contributed by atoms with Gasteiger partial charge in [0.2, 0.25) is 5.78 Å². The van der Waals surface area contributed by atoms with E-state index in [9.17, 15) is 4.79 Å². The van der Waals surface area contributed by atoms with E-state index < -0.39 is 0 Å². The highest BCUT2D eigenvalue weighted by Crippen LogP contribution is 2.35. The molecule has 0 radical (unpaired) electrons. The minimum Gasteiger partial charge on any atom is -0.489 e. The van der Waals surface area contributed by atoms with Crippen LogP contribution >= 0.6 is 0 Å². The molecule has 4 nitrogen and oxygen atoms in total. The molecular formula is C24H23NO3. The second-order valence-electron chi connectivity index (χ2n) is 7.08. The van der Waals surface area contributed by atoms with Gasteiger partial charge in [0.05, 0.1) is 5.56 Å². The minimum absolute atomic E-state index is 0.0980. The number of ether oxygens (including phenoxy) is 2. The molecule has 4 rings (SSSR count). The zero-order valence-electron chi connectivity index (χ0n) is 16.4. The SMILES string of the molecule is CCn1cc(/C=C2\Oc3cc(OCC=C(C)C)ccc3C2=O)c2ccccc21. The van der Waals surface area contributed by atoms with Crippen LogP contribution in [0.4, 0.5) is 0 Å². The molecule has 2 aromatic carbocycles. The molecule has 28 heavy (non-hydrogen) atoms. The highest BCUT2D eigenvalue weighted by molar-refractivity contribution is 6.15. The van der Waals surface area contributed by atoms with Gasteiger partial charge in [0.25, 0.3) is 0 Å². The summed E-state index contributed by atoms with van der Waals surface area (Å²) in [7, 11) is 0. The number of allylic oxidation sites excluding steroid dienone is 2. The van der Waals surface area contributed by atoms with E-state index in [0.717, 1.165) is 23.0 Å². The molecule has 3 aromatic rings. The molecule has 0 amide bonds. The van der Waals surface area contributed by atoms with Gasteiger partial charge in [-0.1, -0.05) is 23.8 Å². The van der Waals surface area contributed by atoms with E-state index in [4.69, 9.17) is 9.47 Å². The van der Waals surface area contributed by atoms with E-state index >= 15 is 0 Å². The smallest absolute Gasteiger partial charge is 0.231 e. The number of hydrogen-bond donors (Lipinski definition) is 0. The molecule has 0 saturated carbocycles. The van der Waals surface area contributed by atoms with Gasteiger partial charge >= 0.3 is 0 Å². The molecule has 0 fully saturated rings. The quantitative estimate of drug-likeness (QED) is 0.430. The Kier molecular flexibility index (Phi) is 4.78. The standard InChI is InChI=1S/C24H23NO3/c1-4-25-15-17(19-7-5-6-8-21(19)25)13-23-24(26)20-10-9-18(14-22(20)28-23)27-12-11-16(2)3/h5-11,13-15H,4,12H2,1-3H3/b23-13-. The lowest BCUT2D eigenvalue weighted by molar-refractivity contribution is 0.101. The lowest BCUT2D eigenvalue weighted by Crippen LogP contribution is -1.98. The van der Waals surface area contributed by atoms with Gasteiger partial charge in [0, 0.05) is 35.3 Å². The van der Waals surface area contributed by atoms with Crippen LogP contribution in [0.15, 0.2) is 66.1 Å². The third-order valence-corrected chi connectivity index (χ3v) is 4.83. The number of para-hydroxylation sites is 1. The zero-order valence-corrected chi connectivity index (χ0v) is 16.4. The second-order valence-corrected chi connectivity index (χ2v) is 7.08. The van der Waals surface area contributed by atoms with Crippen LogP contribution in [0.25, 0.3) is 17.0 Å². The first-order valence-corrected chi connectivity index (χ1v) is 9.49. The summed E-state index contributed by atoms with van der Waals surface area (Å²) in [5.41, 5.74) is 3.90. The van der Waals surface area contributed by atoms with Crippen LogP contribution in [0.5, 0.6) is 11.5 Å². The molecule has 0 spiro atoms. The Balaban J connectivity index is 1.63. The molecule has 4 heteroatoms. The molecule has 0 unspecified atom stereocenters. The fourth-order valence-corrected chi connectivity index (χ4v) is 3.35. The fourth-order valence-electron chi connectivity index (χ4n) is 3.35. The molecule has 0 bridgehead atoms. The number of Topliss-reactive ketones (excluding diaryl/α,β-unsaturated/α-hetero) is 1. The third-order valence-electron chi connectivity index (χ3n) is 4.83. The number of rotatable bonds is 5. The summed E-state index contributed by atoms with van der Waals surface area (Å²) in [6.07, 6.45) is 5.90. The average molecular weight is 373 g/mol. The monoisotopic (exact) mass is 373 g/mol. The maximum Gasteiger partial charge on any atom is 0.231 e. The molecule has 0 atom stereocenters. The summed E-state index contributed by atoms with van der Waals surface area (Å²) in [5, 5.41) is 1.11. The summed E-state index contributed by atoms with van der Waals surface area (Å²) in [5.74, 6) is 1.48. The number of ketones is 1. The molecule has 0 aliphatic carbocycles. The zero-order chi connectivity index (χ0) is 19.7. The minimum atomic E-state index is -0.0980. The Labute approximate surface area is 164 Å². The van der Waals surface area contributed by atoms with Crippen molar-refractivity contribution in [2.75, 3.05) is 6.61 Å². The van der Waals surface area contributed by atoms with Gasteiger partial charge in [0.1, 0.15) is 18.1 Å². The van der Waals surface area contributed by atoms with Gasteiger partial charge in [-0.2, -0.15) is 0 Å². The topological polar surface area (TPSA) is 40.5 Å². The summed E-state index contributed by atoms with van der Waals surface area (Å²) in [6.45, 7) is 7.52. The first-order valence-electron chi connectivity index (χ1n) is 9.49. The molecule has 0 saturated heterocycles. The predicted molar refractivity (Wildman–Crippen MR) is 112 cm³/mol. The van der Waals surface area contributed by atoms with Crippen LogP contribution in [0.1, 0.15) is 36.7 Å². The number of aromatic nitrogens is 1. The Morgan fingerprint density at radius 2 is 2.00 bits per heavy atom. The maximum atomic E-state index is 12.8. The average Bonchev–Trinajstić information content (AvgIpc) is 3.19. The van der Waals surface area contributed by atoms with Gasteiger partial charge in [-0.05, 0) is 51.1 Å². The number of benzene rings is 2. The van der Waals surface area contributed by atoms with Crippen molar-refractivity contribution in [3.8, 4) is 11.5 Å². The highest BCUT2D eigenvalue weighted by atomic mass is 16.5. The summed E-state index contributed by atoms with van der Waals surface area (Å²) in [4.78, 5) is 12.8. The van der Waals surface area contributed by atoms with E-state index in [-0.39, 0.29) is 5.78 Å². The lowest BCUT2D eigenvalue weighted by atomic mass is 10.1. The number of aryl methyl sites for hydroxylation is 1. The van der Waals surface area contributed by atoms with Crippen molar-refractivity contribution in [1.29, 1.82) is 0 Å². The number of fused-ring (bicyclic) bond motifs is 2. The molecule has 142 valence electrons. The van der Waals surface area contributed by atoms with Crippen molar-refractivity contribution >= 4 is 22.8 Å². The molecule has 1 aliphatic heterocycles. The third kappa shape index (κ3) is 3.33. The van der Waals surface area contributed by atoms with E-state index in [2.05, 4.69) is 29.8 Å².